The lowest BCUT2D eigenvalue weighted by Gasteiger charge is -2.45. The fraction of sp³-hybridized carbons (Fsp3) is 0.952. The van der Waals surface area contributed by atoms with Crippen LogP contribution in [0.4, 0.5) is 0 Å². The first-order valence-electron chi connectivity index (χ1n) is 9.59. The Hall–Kier alpha value is -0.570. The van der Waals surface area contributed by atoms with Crippen molar-refractivity contribution in [2.75, 3.05) is 7.11 Å². The predicted octanol–water partition coefficient (Wildman–Crippen LogP) is 6.00. The van der Waals surface area contributed by atoms with Crippen LogP contribution >= 0.6 is 0 Å². The number of esters is 1. The average Bonchev–Trinajstić information content (AvgIpc) is 2.44. The molecule has 0 saturated carbocycles. The largest absolute Gasteiger partial charge is 0.460 e. The van der Waals surface area contributed by atoms with Crippen LogP contribution in [0, 0.1) is 17.3 Å². The summed E-state index contributed by atoms with van der Waals surface area (Å²) < 4.78 is 11.4. The molecule has 0 aliphatic heterocycles. The van der Waals surface area contributed by atoms with Crippen LogP contribution in [0.3, 0.4) is 0 Å². The lowest BCUT2D eigenvalue weighted by Crippen LogP contribution is -2.42. The van der Waals surface area contributed by atoms with Gasteiger partial charge in [-0.1, -0.05) is 47.5 Å². The Kier molecular flexibility index (Phi) is 9.00. The van der Waals surface area contributed by atoms with Gasteiger partial charge in [-0.2, -0.15) is 0 Å². The topological polar surface area (TPSA) is 35.5 Å². The third-order valence-electron chi connectivity index (χ3n) is 6.07. The third kappa shape index (κ3) is 7.13. The number of rotatable bonds is 11. The van der Waals surface area contributed by atoms with Crippen molar-refractivity contribution in [1.29, 1.82) is 0 Å². The number of ether oxygens (including phenoxy) is 2. The first-order chi connectivity index (χ1) is 10.8. The van der Waals surface area contributed by atoms with Crippen molar-refractivity contribution in [2.24, 2.45) is 17.3 Å². The maximum absolute atomic E-state index is 11.6. The van der Waals surface area contributed by atoms with E-state index in [0.717, 1.165) is 32.1 Å². The summed E-state index contributed by atoms with van der Waals surface area (Å²) in [7, 11) is 1.79. The molecule has 0 aromatic heterocycles. The van der Waals surface area contributed by atoms with Crippen LogP contribution in [-0.4, -0.2) is 24.3 Å². The van der Waals surface area contributed by atoms with Gasteiger partial charge in [0.2, 0.25) is 0 Å². The summed E-state index contributed by atoms with van der Waals surface area (Å²) in [6.45, 7) is 19.3. The minimum atomic E-state index is -0.379. The van der Waals surface area contributed by atoms with E-state index in [1.807, 2.05) is 0 Å². The van der Waals surface area contributed by atoms with Crippen molar-refractivity contribution in [3.63, 3.8) is 0 Å². The van der Waals surface area contributed by atoms with E-state index in [1.54, 1.807) is 7.11 Å². The summed E-state index contributed by atoms with van der Waals surface area (Å²) >= 11 is 0. The molecule has 0 rings (SSSR count). The molecule has 3 heteroatoms. The summed E-state index contributed by atoms with van der Waals surface area (Å²) in [6.07, 6.45) is 4.94. The summed E-state index contributed by atoms with van der Waals surface area (Å²) in [4.78, 5) is 11.6. The quantitative estimate of drug-likeness (QED) is 0.432. The first-order valence-corrected chi connectivity index (χ1v) is 9.59. The van der Waals surface area contributed by atoms with Gasteiger partial charge in [0.15, 0.2) is 0 Å². The lowest BCUT2D eigenvalue weighted by molar-refractivity contribution is -0.161. The summed E-state index contributed by atoms with van der Waals surface area (Å²) in [5.41, 5.74) is -0.358. The fourth-order valence-electron chi connectivity index (χ4n) is 4.24. The molecule has 0 N–H and O–H groups in total. The van der Waals surface area contributed by atoms with Crippen molar-refractivity contribution < 1.29 is 14.3 Å². The van der Waals surface area contributed by atoms with E-state index >= 15 is 0 Å². The van der Waals surface area contributed by atoms with E-state index in [2.05, 4.69) is 55.4 Å². The number of methoxy groups -OCH3 is 1. The molecule has 0 bridgehead atoms. The Balaban J connectivity index is 5.31. The van der Waals surface area contributed by atoms with Gasteiger partial charge in [0.1, 0.15) is 5.60 Å². The summed E-state index contributed by atoms with van der Waals surface area (Å²) in [5.74, 6) is 0.877. The fourth-order valence-corrected chi connectivity index (χ4v) is 4.24. The van der Waals surface area contributed by atoms with Crippen LogP contribution in [0.2, 0.25) is 0 Å². The van der Waals surface area contributed by atoms with Gasteiger partial charge in [0.05, 0.1) is 5.60 Å². The van der Waals surface area contributed by atoms with Crippen LogP contribution < -0.4 is 0 Å². The molecule has 0 spiro atoms. The molecule has 0 aromatic carbocycles. The zero-order valence-electron chi connectivity index (χ0n) is 17.9. The maximum atomic E-state index is 11.6. The van der Waals surface area contributed by atoms with Gasteiger partial charge in [-0.05, 0) is 57.3 Å². The Morgan fingerprint density at radius 1 is 1.08 bits per heavy atom. The van der Waals surface area contributed by atoms with Crippen molar-refractivity contribution >= 4 is 5.97 Å². The minimum absolute atomic E-state index is 0.106. The highest BCUT2D eigenvalue weighted by atomic mass is 16.6. The molecule has 0 radical (unpaired) electrons. The van der Waals surface area contributed by atoms with Crippen LogP contribution in [0.1, 0.15) is 94.4 Å². The smallest absolute Gasteiger partial charge is 0.303 e. The molecule has 4 atom stereocenters. The first kappa shape index (κ1) is 23.4. The summed E-state index contributed by atoms with van der Waals surface area (Å²) in [5, 5.41) is 0. The third-order valence-corrected chi connectivity index (χ3v) is 6.07. The molecule has 144 valence electrons. The second-order valence-corrected chi connectivity index (χ2v) is 8.91. The van der Waals surface area contributed by atoms with Gasteiger partial charge in [-0.3, -0.25) is 4.79 Å². The van der Waals surface area contributed by atoms with Gasteiger partial charge in [0.25, 0.3) is 0 Å². The predicted molar refractivity (Wildman–Crippen MR) is 102 cm³/mol. The molecule has 0 aliphatic carbocycles. The number of hydrogen-bond donors (Lipinski definition) is 0. The van der Waals surface area contributed by atoms with Crippen LogP contribution in [0.15, 0.2) is 0 Å². The van der Waals surface area contributed by atoms with Crippen molar-refractivity contribution in [3.05, 3.63) is 0 Å². The second-order valence-electron chi connectivity index (χ2n) is 8.91. The van der Waals surface area contributed by atoms with E-state index in [0.29, 0.717) is 11.8 Å². The zero-order valence-corrected chi connectivity index (χ0v) is 17.9. The molecule has 0 saturated heterocycles. The van der Waals surface area contributed by atoms with Crippen molar-refractivity contribution in [1.82, 2.24) is 0 Å². The molecule has 24 heavy (non-hydrogen) atoms. The highest BCUT2D eigenvalue weighted by molar-refractivity contribution is 5.66. The average molecular weight is 343 g/mol. The molecular formula is C21H42O3. The standard InChI is InChI=1S/C21H42O3/c1-11-13-21(9,24-18(5)22)15-20(8,12-2)17(4)16(3)14-19(6,7)23-10/h16-17H,11-15H2,1-10H3. The molecule has 0 heterocycles. The van der Waals surface area contributed by atoms with Gasteiger partial charge in [0, 0.05) is 14.0 Å². The number of carbonyl (C=O) groups excluding carboxylic acids is 1. The highest BCUT2D eigenvalue weighted by Gasteiger charge is 2.41. The molecule has 4 unspecified atom stereocenters. The second kappa shape index (κ2) is 9.22. The van der Waals surface area contributed by atoms with Crippen molar-refractivity contribution in [3.8, 4) is 0 Å². The molecule has 0 fully saturated rings. The zero-order chi connectivity index (χ0) is 19.2. The van der Waals surface area contributed by atoms with E-state index in [-0.39, 0.29) is 22.6 Å². The van der Waals surface area contributed by atoms with Crippen LogP contribution in [-0.2, 0) is 14.3 Å². The summed E-state index contributed by atoms with van der Waals surface area (Å²) in [6, 6.07) is 0. The molecule has 3 nitrogen and oxygen atoms in total. The highest BCUT2D eigenvalue weighted by Crippen LogP contribution is 2.46. The van der Waals surface area contributed by atoms with E-state index in [4.69, 9.17) is 9.47 Å². The molecular weight excluding hydrogens is 300 g/mol. The normalized spacial score (nSPS) is 19.9. The number of hydrogen-bond acceptors (Lipinski definition) is 3. The van der Waals surface area contributed by atoms with E-state index < -0.39 is 0 Å². The van der Waals surface area contributed by atoms with Crippen LogP contribution in [0.5, 0.6) is 0 Å². The number of carbonyl (C=O) groups is 1. The van der Waals surface area contributed by atoms with Crippen LogP contribution in [0.25, 0.3) is 0 Å². The van der Waals surface area contributed by atoms with Gasteiger partial charge in [-0.25, -0.2) is 0 Å². The minimum Gasteiger partial charge on any atom is -0.460 e. The van der Waals surface area contributed by atoms with Gasteiger partial charge in [-0.15, -0.1) is 0 Å². The monoisotopic (exact) mass is 342 g/mol. The SMILES string of the molecule is CCCC(C)(CC(C)(CC)C(C)C(C)CC(C)(C)OC)OC(C)=O. The Labute approximate surface area is 150 Å². The Morgan fingerprint density at radius 3 is 2.00 bits per heavy atom. The van der Waals surface area contributed by atoms with Gasteiger partial charge >= 0.3 is 5.97 Å². The molecule has 0 aromatic rings. The molecule has 0 amide bonds. The lowest BCUT2D eigenvalue weighted by atomic mass is 9.63. The van der Waals surface area contributed by atoms with E-state index in [9.17, 15) is 4.79 Å². The Bertz CT molecular complexity index is 391. The van der Waals surface area contributed by atoms with E-state index in [1.165, 1.54) is 6.92 Å². The van der Waals surface area contributed by atoms with Gasteiger partial charge < -0.3 is 9.47 Å². The van der Waals surface area contributed by atoms with Crippen molar-refractivity contribution in [2.45, 2.75) is 106 Å². The maximum Gasteiger partial charge on any atom is 0.303 e. The molecule has 0 aliphatic rings. The Morgan fingerprint density at radius 2 is 1.62 bits per heavy atom.